The average Bonchev–Trinajstić information content (AvgIpc) is 3.38. The van der Waals surface area contributed by atoms with E-state index in [-0.39, 0.29) is 80.6 Å². The maximum absolute atomic E-state index is 13.9. The molecule has 2 unspecified atom stereocenters. The van der Waals surface area contributed by atoms with Gasteiger partial charge in [-0.15, -0.1) is 0 Å². The van der Waals surface area contributed by atoms with Gasteiger partial charge in [0.1, 0.15) is 69.0 Å². The monoisotopic (exact) mass is 1030 g/mol. The van der Waals surface area contributed by atoms with E-state index in [1.165, 1.54) is 58.2 Å². The third-order valence-corrected chi connectivity index (χ3v) is 11.1. The molecule has 2 atom stereocenters. The molecule has 8 rings (SSSR count). The molecule has 372 valence electrons. The van der Waals surface area contributed by atoms with Gasteiger partial charge in [0.15, 0.2) is 23.3 Å². The van der Waals surface area contributed by atoms with E-state index in [1.807, 2.05) is 0 Å². The van der Waals surface area contributed by atoms with Crippen LogP contribution in [0.3, 0.4) is 0 Å². The van der Waals surface area contributed by atoms with Crippen LogP contribution in [0, 0.1) is 51.0 Å². The van der Waals surface area contributed by atoms with Crippen LogP contribution in [0.25, 0.3) is 34.2 Å². The smallest absolute Gasteiger partial charge is 0.277 e. The lowest BCUT2D eigenvalue weighted by atomic mass is 10.1. The highest BCUT2D eigenvalue weighted by Gasteiger charge is 2.24. The molecule has 16 nitrogen and oxygen atoms in total. The lowest BCUT2D eigenvalue weighted by Crippen LogP contribution is -2.23. The molecule has 0 aliphatic rings. The Morgan fingerprint density at radius 3 is 1.33 bits per heavy atom. The second-order valence-electron chi connectivity index (χ2n) is 16.3. The Kier molecular flexibility index (Phi) is 13.0. The van der Waals surface area contributed by atoms with Crippen LogP contribution in [0.4, 0.5) is 17.6 Å². The molecule has 72 heavy (non-hydrogen) atoms. The minimum absolute atomic E-state index is 0.0137. The first-order valence-corrected chi connectivity index (χ1v) is 21.9. The predicted octanol–water partition coefficient (Wildman–Crippen LogP) is 8.88. The van der Waals surface area contributed by atoms with E-state index in [0.717, 1.165) is 26.2 Å². The second kappa shape index (κ2) is 21.1. The standard InChI is InChI=1S/2C25H22ClF2N5O3/c2*1-13-10-30-18(17-5-6-29-24(32-17)25(3,4)35)9-20(13)33-14(2)7-21(22(26)23(33)34)36-12-19-16(28)8-15(27)11-31-19/h2*5-11,35H,12H2,1-4H3/i2*3D3. The quantitative estimate of drug-likeness (QED) is 0.110. The number of ether oxygens (including phenoxy) is 2. The summed E-state index contributed by atoms with van der Waals surface area (Å²) in [6, 6.07) is 10.4. The van der Waals surface area contributed by atoms with E-state index < -0.39 is 59.3 Å². The van der Waals surface area contributed by atoms with Crippen LogP contribution in [0.15, 0.2) is 95.3 Å². The SMILES string of the molecule is [2H]C([2H])([2H])C(C)(O)c1nccc(-c2cc(-n3c(C)cc(OCc4ncc(F)cc4F)c(Cl)c3=O)c(C)cn2)n1.[2H]C([2H])([2H])C(C)(O)c1nccc(-c2cc(-n3c(C)cc(OCc4ncc(F)cc4F)c(Cl)c3=O)c(C)cn2)n1. The molecule has 0 aliphatic carbocycles. The number of hydrogen-bond donors (Lipinski definition) is 2. The number of halogens is 6. The molecule has 8 heterocycles. The van der Waals surface area contributed by atoms with Crippen molar-refractivity contribution in [1.29, 1.82) is 0 Å². The normalized spacial score (nSPS) is 14.5. The molecule has 0 aromatic carbocycles. The fourth-order valence-electron chi connectivity index (χ4n) is 6.82. The van der Waals surface area contributed by atoms with Crippen molar-refractivity contribution in [2.45, 2.75) is 79.7 Å². The zero-order valence-corrected chi connectivity index (χ0v) is 40.3. The van der Waals surface area contributed by atoms with Crippen LogP contribution in [-0.2, 0) is 24.4 Å². The van der Waals surface area contributed by atoms with Crippen LogP contribution in [0.1, 0.15) is 81.3 Å². The summed E-state index contributed by atoms with van der Waals surface area (Å²) in [5.74, 6) is -4.11. The number of aryl methyl sites for hydroxylation is 4. The summed E-state index contributed by atoms with van der Waals surface area (Å²) in [5.41, 5.74) is -2.34. The van der Waals surface area contributed by atoms with E-state index in [1.54, 1.807) is 39.8 Å². The topological polar surface area (TPSA) is 206 Å². The number of hydrogen-bond acceptors (Lipinski definition) is 14. The minimum atomic E-state index is -2.78. The summed E-state index contributed by atoms with van der Waals surface area (Å²) in [7, 11) is 0. The van der Waals surface area contributed by atoms with Crippen LogP contribution in [0.5, 0.6) is 11.5 Å². The summed E-state index contributed by atoms with van der Waals surface area (Å²) >= 11 is 12.6. The van der Waals surface area contributed by atoms with Crippen molar-refractivity contribution in [3.05, 3.63) is 185 Å². The van der Waals surface area contributed by atoms with Gasteiger partial charge in [-0.2, -0.15) is 0 Å². The van der Waals surface area contributed by atoms with Gasteiger partial charge in [-0.1, -0.05) is 23.2 Å². The van der Waals surface area contributed by atoms with Gasteiger partial charge in [-0.05, 0) is 90.6 Å². The lowest BCUT2D eigenvalue weighted by molar-refractivity contribution is 0.0683. The maximum Gasteiger partial charge on any atom is 0.277 e. The fraction of sp³-hybridized carbons (Fsp3) is 0.240. The van der Waals surface area contributed by atoms with E-state index in [0.29, 0.717) is 46.0 Å². The van der Waals surface area contributed by atoms with E-state index in [4.69, 9.17) is 40.9 Å². The summed E-state index contributed by atoms with van der Waals surface area (Å²) < 4.78 is 113. The van der Waals surface area contributed by atoms with Crippen molar-refractivity contribution in [2.24, 2.45) is 0 Å². The summed E-state index contributed by atoms with van der Waals surface area (Å²) in [4.78, 5) is 58.8. The van der Waals surface area contributed by atoms with Crippen LogP contribution in [0.2, 0.25) is 10.0 Å². The first-order chi connectivity index (χ1) is 36.4. The molecular weight excluding hydrogens is 984 g/mol. The molecule has 8 aromatic heterocycles. The average molecular weight is 1030 g/mol. The lowest BCUT2D eigenvalue weighted by Gasteiger charge is -2.17. The zero-order chi connectivity index (χ0) is 57.4. The molecule has 2 N–H and O–H groups in total. The Balaban J connectivity index is 0.000000226. The van der Waals surface area contributed by atoms with Crippen molar-refractivity contribution in [1.82, 2.24) is 49.0 Å². The Morgan fingerprint density at radius 1 is 0.583 bits per heavy atom. The fourth-order valence-corrected chi connectivity index (χ4v) is 7.21. The summed E-state index contributed by atoms with van der Waals surface area (Å²) in [5, 5.41) is 20.5. The molecule has 0 amide bonds. The number of nitrogens with zero attached hydrogens (tertiary/aromatic N) is 10. The van der Waals surface area contributed by atoms with Crippen LogP contribution >= 0.6 is 23.2 Å². The van der Waals surface area contributed by atoms with Crippen molar-refractivity contribution >= 4 is 23.2 Å². The van der Waals surface area contributed by atoms with Crippen molar-refractivity contribution < 1.29 is 45.5 Å². The van der Waals surface area contributed by atoms with Crippen molar-refractivity contribution in [2.75, 3.05) is 0 Å². The van der Waals surface area contributed by atoms with Crippen molar-refractivity contribution in [3.8, 4) is 45.6 Å². The van der Waals surface area contributed by atoms with E-state index >= 15 is 0 Å². The Morgan fingerprint density at radius 2 is 0.972 bits per heavy atom. The van der Waals surface area contributed by atoms with Gasteiger partial charge in [0.05, 0.1) is 46.5 Å². The summed E-state index contributed by atoms with van der Waals surface area (Å²) in [6.07, 6.45) is 7.31. The molecule has 0 spiro atoms. The van der Waals surface area contributed by atoms with E-state index in [9.17, 15) is 37.4 Å². The number of rotatable bonds is 12. The van der Waals surface area contributed by atoms with Gasteiger partial charge < -0.3 is 19.7 Å². The highest BCUT2D eigenvalue weighted by atomic mass is 35.5. The van der Waals surface area contributed by atoms with E-state index in [2.05, 4.69) is 39.9 Å². The molecule has 22 heteroatoms. The van der Waals surface area contributed by atoms with Gasteiger partial charge in [-0.25, -0.2) is 37.5 Å². The van der Waals surface area contributed by atoms with Crippen molar-refractivity contribution in [3.63, 3.8) is 0 Å². The predicted molar refractivity (Wildman–Crippen MR) is 258 cm³/mol. The second-order valence-corrected chi connectivity index (χ2v) is 17.1. The number of pyridine rings is 6. The largest absolute Gasteiger partial charge is 0.485 e. The first-order valence-electron chi connectivity index (χ1n) is 24.2. The molecule has 0 fully saturated rings. The molecule has 0 radical (unpaired) electrons. The van der Waals surface area contributed by atoms with Gasteiger partial charge in [0.2, 0.25) is 0 Å². The Bertz CT molecular complexity index is 3500. The van der Waals surface area contributed by atoms with Crippen LogP contribution in [-0.4, -0.2) is 59.2 Å². The Hall–Kier alpha value is -7.52. The highest BCUT2D eigenvalue weighted by Crippen LogP contribution is 2.30. The number of aromatic nitrogens is 10. The molecule has 8 aromatic rings. The summed E-state index contributed by atoms with van der Waals surface area (Å²) in [6.45, 7) is 2.60. The molecule has 0 saturated carbocycles. The van der Waals surface area contributed by atoms with Gasteiger partial charge >= 0.3 is 0 Å². The van der Waals surface area contributed by atoms with Gasteiger partial charge in [0.25, 0.3) is 11.1 Å². The molecule has 0 saturated heterocycles. The maximum atomic E-state index is 13.9. The first kappa shape index (κ1) is 44.4. The van der Waals surface area contributed by atoms with Gasteiger partial charge in [0, 0.05) is 68.7 Å². The zero-order valence-electron chi connectivity index (χ0n) is 44.8. The Labute approximate surface area is 427 Å². The highest BCUT2D eigenvalue weighted by molar-refractivity contribution is 6.32. The van der Waals surface area contributed by atoms with Crippen LogP contribution < -0.4 is 20.6 Å². The molecular formula is C50H44Cl2F4N10O6. The molecule has 0 aliphatic heterocycles. The number of aliphatic hydroxyl groups is 2. The molecule has 0 bridgehead atoms. The minimum Gasteiger partial charge on any atom is -0.485 e. The third kappa shape index (κ3) is 11.6. The van der Waals surface area contributed by atoms with Gasteiger partial charge in [-0.3, -0.25) is 38.7 Å². The third-order valence-electron chi connectivity index (χ3n) is 10.4.